The number of carbonyl (C=O) groups excluding carboxylic acids is 1. The fraction of sp³-hybridized carbons (Fsp3) is 0.167. The molecule has 0 atom stereocenters. The largest absolute Gasteiger partial charge is 0.337 e. The molecule has 0 radical (unpaired) electrons. The Morgan fingerprint density at radius 1 is 1.13 bits per heavy atom. The van der Waals surface area contributed by atoms with Crippen molar-refractivity contribution in [2.24, 2.45) is 0 Å². The molecule has 0 aliphatic heterocycles. The van der Waals surface area contributed by atoms with Crippen LogP contribution >= 0.6 is 0 Å². The lowest BCUT2D eigenvalue weighted by atomic mass is 10.0. The molecule has 0 saturated carbocycles. The number of rotatable bonds is 4. The summed E-state index contributed by atoms with van der Waals surface area (Å²) in [6.07, 6.45) is 0. The van der Waals surface area contributed by atoms with Gasteiger partial charge < -0.3 is 9.42 Å². The van der Waals surface area contributed by atoms with E-state index in [1.54, 1.807) is 37.1 Å². The van der Waals surface area contributed by atoms with Crippen molar-refractivity contribution in [2.45, 2.75) is 20.4 Å². The highest BCUT2D eigenvalue weighted by atomic mass is 16.5. The zero-order valence-corrected chi connectivity index (χ0v) is 17.0. The molecule has 6 heteroatoms. The molecule has 0 aliphatic carbocycles. The fourth-order valence-electron chi connectivity index (χ4n) is 3.43. The van der Waals surface area contributed by atoms with Gasteiger partial charge in [0.15, 0.2) is 0 Å². The van der Waals surface area contributed by atoms with Crippen molar-refractivity contribution in [1.82, 2.24) is 15.0 Å². The van der Waals surface area contributed by atoms with E-state index in [-0.39, 0.29) is 5.91 Å². The number of pyridine rings is 1. The predicted octanol–water partition coefficient (Wildman–Crippen LogP) is 4.65. The lowest BCUT2D eigenvalue weighted by Gasteiger charge is -2.18. The third kappa shape index (κ3) is 3.65. The minimum Gasteiger partial charge on any atom is -0.337 e. The molecule has 0 unspecified atom stereocenters. The summed E-state index contributed by atoms with van der Waals surface area (Å²) in [5.41, 5.74) is 5.60. The first-order valence-electron chi connectivity index (χ1n) is 9.55. The second-order valence-electron chi connectivity index (χ2n) is 7.34. The van der Waals surface area contributed by atoms with Crippen molar-refractivity contribution in [3.8, 4) is 17.3 Å². The van der Waals surface area contributed by atoms with E-state index >= 15 is 0 Å². The first-order chi connectivity index (χ1) is 14.5. The number of aryl methyl sites for hydroxylation is 2. The average Bonchev–Trinajstić information content (AvgIpc) is 3.14. The molecule has 0 aliphatic rings. The van der Waals surface area contributed by atoms with Gasteiger partial charge in [-0.05, 0) is 37.6 Å². The third-order valence-corrected chi connectivity index (χ3v) is 5.02. The summed E-state index contributed by atoms with van der Waals surface area (Å²) in [7, 11) is 1.74. The Balaban J connectivity index is 1.74. The van der Waals surface area contributed by atoms with Gasteiger partial charge in [-0.3, -0.25) is 4.79 Å². The Labute approximate surface area is 174 Å². The second-order valence-corrected chi connectivity index (χ2v) is 7.34. The molecule has 4 aromatic rings. The summed E-state index contributed by atoms with van der Waals surface area (Å²) >= 11 is 0. The van der Waals surface area contributed by atoms with E-state index < -0.39 is 0 Å². The monoisotopic (exact) mass is 396 g/mol. The quantitative estimate of drug-likeness (QED) is 0.501. The summed E-state index contributed by atoms with van der Waals surface area (Å²) in [5.74, 6) is -0.163. The summed E-state index contributed by atoms with van der Waals surface area (Å²) in [6, 6.07) is 19.1. The number of hydrogen-bond acceptors (Lipinski definition) is 5. The van der Waals surface area contributed by atoms with Gasteiger partial charge >= 0.3 is 0 Å². The Kier molecular flexibility index (Phi) is 5.03. The van der Waals surface area contributed by atoms with Crippen LogP contribution in [0.15, 0.2) is 59.1 Å². The summed E-state index contributed by atoms with van der Waals surface area (Å²) < 4.78 is 5.39. The molecule has 0 saturated heterocycles. The van der Waals surface area contributed by atoms with Gasteiger partial charge in [0, 0.05) is 19.2 Å². The van der Waals surface area contributed by atoms with Crippen LogP contribution in [0.4, 0.5) is 0 Å². The molecule has 2 aromatic heterocycles. The van der Waals surface area contributed by atoms with Gasteiger partial charge in [0.1, 0.15) is 0 Å². The number of carbonyl (C=O) groups is 1. The minimum absolute atomic E-state index is 0.163. The standard InChI is InChI=1S/C24H20N4O2/c1-15-7-9-19(10-8-15)21-12-20(22-16(2)27-30-23(22)26-21)24(29)28(3)14-18-6-4-5-17(11-18)13-25/h4-12H,14H2,1-3H3. The van der Waals surface area contributed by atoms with Crippen molar-refractivity contribution in [3.05, 3.63) is 82.5 Å². The minimum atomic E-state index is -0.163. The normalized spacial score (nSPS) is 10.7. The molecular weight excluding hydrogens is 376 g/mol. The number of amides is 1. The number of fused-ring (bicyclic) bond motifs is 1. The number of nitriles is 1. The number of benzene rings is 2. The molecule has 6 nitrogen and oxygen atoms in total. The zero-order chi connectivity index (χ0) is 21.3. The van der Waals surface area contributed by atoms with E-state index in [0.717, 1.165) is 16.7 Å². The third-order valence-electron chi connectivity index (χ3n) is 5.02. The second kappa shape index (κ2) is 7.80. The van der Waals surface area contributed by atoms with Crippen LogP contribution in [0.25, 0.3) is 22.4 Å². The van der Waals surface area contributed by atoms with Crippen molar-refractivity contribution in [3.63, 3.8) is 0 Å². The van der Waals surface area contributed by atoms with E-state index in [4.69, 9.17) is 9.78 Å². The van der Waals surface area contributed by atoms with Crippen LogP contribution in [0.5, 0.6) is 0 Å². The molecule has 4 rings (SSSR count). The summed E-state index contributed by atoms with van der Waals surface area (Å²) in [5, 5.41) is 13.7. The highest BCUT2D eigenvalue weighted by molar-refractivity contribution is 6.06. The van der Waals surface area contributed by atoms with Crippen LogP contribution in [0.2, 0.25) is 0 Å². The van der Waals surface area contributed by atoms with Gasteiger partial charge in [0.05, 0.1) is 34.0 Å². The molecule has 0 spiro atoms. The Morgan fingerprint density at radius 2 is 1.90 bits per heavy atom. The summed E-state index contributed by atoms with van der Waals surface area (Å²) in [4.78, 5) is 19.6. The maximum absolute atomic E-state index is 13.4. The molecule has 1 amide bonds. The summed E-state index contributed by atoms with van der Waals surface area (Å²) in [6.45, 7) is 4.19. The van der Waals surface area contributed by atoms with Gasteiger partial charge in [0.2, 0.25) is 0 Å². The van der Waals surface area contributed by atoms with E-state index in [1.807, 2.05) is 43.3 Å². The predicted molar refractivity (Wildman–Crippen MR) is 114 cm³/mol. The maximum Gasteiger partial charge on any atom is 0.259 e. The van der Waals surface area contributed by atoms with Gasteiger partial charge in [-0.1, -0.05) is 47.1 Å². The lowest BCUT2D eigenvalue weighted by Crippen LogP contribution is -2.26. The average molecular weight is 396 g/mol. The first-order valence-corrected chi connectivity index (χ1v) is 9.55. The van der Waals surface area contributed by atoms with Gasteiger partial charge in [-0.25, -0.2) is 4.98 Å². The molecule has 2 heterocycles. The van der Waals surface area contributed by atoms with Crippen molar-refractivity contribution < 1.29 is 9.32 Å². The van der Waals surface area contributed by atoms with E-state index in [0.29, 0.717) is 40.2 Å². The highest BCUT2D eigenvalue weighted by Crippen LogP contribution is 2.28. The molecule has 0 N–H and O–H groups in total. The molecule has 2 aromatic carbocycles. The van der Waals surface area contributed by atoms with Crippen LogP contribution in [0.1, 0.15) is 32.7 Å². The topological polar surface area (TPSA) is 83.0 Å². The van der Waals surface area contributed by atoms with Crippen molar-refractivity contribution in [2.75, 3.05) is 7.05 Å². The fourth-order valence-corrected chi connectivity index (χ4v) is 3.43. The van der Waals surface area contributed by atoms with Crippen LogP contribution < -0.4 is 0 Å². The molecule has 148 valence electrons. The molecular formula is C24H20N4O2. The van der Waals surface area contributed by atoms with Crippen LogP contribution in [0.3, 0.4) is 0 Å². The van der Waals surface area contributed by atoms with Gasteiger partial charge in [-0.15, -0.1) is 0 Å². The first kappa shape index (κ1) is 19.3. The SMILES string of the molecule is Cc1ccc(-c2cc(C(=O)N(C)Cc3cccc(C#N)c3)c3c(C)noc3n2)cc1. The van der Waals surface area contributed by atoms with Crippen molar-refractivity contribution in [1.29, 1.82) is 5.26 Å². The number of nitrogens with zero attached hydrogens (tertiary/aromatic N) is 4. The van der Waals surface area contributed by atoms with Crippen LogP contribution in [-0.4, -0.2) is 28.0 Å². The van der Waals surface area contributed by atoms with Crippen LogP contribution in [0, 0.1) is 25.2 Å². The maximum atomic E-state index is 13.4. The number of hydrogen-bond donors (Lipinski definition) is 0. The zero-order valence-electron chi connectivity index (χ0n) is 17.0. The Morgan fingerprint density at radius 3 is 2.63 bits per heavy atom. The Hall–Kier alpha value is -3.98. The van der Waals surface area contributed by atoms with Gasteiger partial charge in [-0.2, -0.15) is 5.26 Å². The molecule has 0 bridgehead atoms. The molecule has 30 heavy (non-hydrogen) atoms. The van der Waals surface area contributed by atoms with Crippen molar-refractivity contribution >= 4 is 17.0 Å². The van der Waals surface area contributed by atoms with E-state index in [1.165, 1.54) is 0 Å². The Bertz CT molecular complexity index is 1280. The van der Waals surface area contributed by atoms with Gasteiger partial charge in [0.25, 0.3) is 11.6 Å². The van der Waals surface area contributed by atoms with E-state index in [9.17, 15) is 4.79 Å². The number of aromatic nitrogens is 2. The molecule has 0 fully saturated rings. The van der Waals surface area contributed by atoms with Crippen LogP contribution in [-0.2, 0) is 6.54 Å². The smallest absolute Gasteiger partial charge is 0.259 e. The lowest BCUT2D eigenvalue weighted by molar-refractivity contribution is 0.0787. The highest BCUT2D eigenvalue weighted by Gasteiger charge is 2.22. The van der Waals surface area contributed by atoms with E-state index in [2.05, 4.69) is 16.2 Å².